The third-order valence-corrected chi connectivity index (χ3v) is 5.45. The zero-order valence-corrected chi connectivity index (χ0v) is 12.8. The van der Waals surface area contributed by atoms with Crippen molar-refractivity contribution in [1.82, 2.24) is 20.4 Å². The lowest BCUT2D eigenvalue weighted by molar-refractivity contribution is 0.234. The van der Waals surface area contributed by atoms with E-state index < -0.39 is 0 Å². The van der Waals surface area contributed by atoms with Crippen molar-refractivity contribution in [3.05, 3.63) is 11.8 Å². The number of anilines is 1. The van der Waals surface area contributed by atoms with Crippen molar-refractivity contribution in [1.29, 1.82) is 0 Å². The van der Waals surface area contributed by atoms with Crippen LogP contribution in [0.1, 0.15) is 49.8 Å². The quantitative estimate of drug-likeness (QED) is 0.776. The van der Waals surface area contributed by atoms with Crippen LogP contribution in [-0.4, -0.2) is 42.5 Å². The Morgan fingerprint density at radius 1 is 1.00 bits per heavy atom. The molecule has 1 aromatic rings. The van der Waals surface area contributed by atoms with Crippen LogP contribution in [0.25, 0.3) is 0 Å². The monoisotopic (exact) mass is 289 g/mol. The van der Waals surface area contributed by atoms with Crippen molar-refractivity contribution in [2.45, 2.75) is 44.1 Å². The first kappa shape index (κ1) is 13.6. The van der Waals surface area contributed by atoms with Crippen molar-refractivity contribution < 1.29 is 0 Å². The third-order valence-electron chi connectivity index (χ3n) is 5.45. The van der Waals surface area contributed by atoms with Crippen LogP contribution >= 0.6 is 0 Å². The Labute approximate surface area is 126 Å². The summed E-state index contributed by atoms with van der Waals surface area (Å²) in [5.41, 5.74) is 1.31. The summed E-state index contributed by atoms with van der Waals surface area (Å²) in [6.07, 6.45) is 6.33. The Morgan fingerprint density at radius 2 is 1.90 bits per heavy atom. The second-order valence-electron chi connectivity index (χ2n) is 6.81. The fourth-order valence-corrected chi connectivity index (χ4v) is 4.23. The lowest BCUT2D eigenvalue weighted by Crippen LogP contribution is -2.38. The summed E-state index contributed by atoms with van der Waals surface area (Å²) >= 11 is 0. The Hall–Kier alpha value is -1.07. The third kappa shape index (κ3) is 2.69. The van der Waals surface area contributed by atoms with Gasteiger partial charge in [0.2, 0.25) is 0 Å². The highest BCUT2D eigenvalue weighted by Gasteiger charge is 2.31. The molecule has 2 saturated heterocycles. The van der Waals surface area contributed by atoms with Crippen LogP contribution in [-0.2, 0) is 0 Å². The molecule has 4 heterocycles. The average molecular weight is 289 g/mol. The molecule has 0 amide bonds. The van der Waals surface area contributed by atoms with Gasteiger partial charge in [0.25, 0.3) is 0 Å². The molecule has 5 heteroatoms. The smallest absolute Gasteiger partial charge is 0.124 e. The summed E-state index contributed by atoms with van der Waals surface area (Å²) in [5.74, 6) is 2.65. The molecule has 5 nitrogen and oxygen atoms in total. The van der Waals surface area contributed by atoms with Crippen LogP contribution in [0, 0.1) is 5.92 Å². The first-order chi connectivity index (χ1) is 10.4. The molecule has 2 atom stereocenters. The van der Waals surface area contributed by atoms with Crippen LogP contribution < -0.4 is 16.0 Å². The number of piperidine rings is 2. The van der Waals surface area contributed by atoms with Gasteiger partial charge in [-0.3, -0.25) is 0 Å². The molecule has 0 spiro atoms. The molecule has 3 aliphatic heterocycles. The van der Waals surface area contributed by atoms with Gasteiger partial charge in [-0.1, -0.05) is 0 Å². The largest absolute Gasteiger partial charge is 0.370 e. The maximum absolute atomic E-state index is 5.03. The van der Waals surface area contributed by atoms with Crippen molar-refractivity contribution in [2.75, 3.05) is 38.0 Å². The van der Waals surface area contributed by atoms with E-state index in [1.54, 1.807) is 0 Å². The van der Waals surface area contributed by atoms with Crippen LogP contribution in [0.5, 0.6) is 0 Å². The molecule has 0 bridgehead atoms. The second-order valence-corrected chi connectivity index (χ2v) is 6.81. The molecule has 21 heavy (non-hydrogen) atoms. The van der Waals surface area contributed by atoms with E-state index in [9.17, 15) is 0 Å². The fraction of sp³-hybridized carbons (Fsp3) is 0.812. The first-order valence-corrected chi connectivity index (χ1v) is 8.66. The number of aromatic nitrogens is 2. The Bertz CT molecular complexity index is 471. The second kappa shape index (κ2) is 5.97. The Morgan fingerprint density at radius 3 is 2.71 bits per heavy atom. The molecule has 1 aromatic heterocycles. The van der Waals surface area contributed by atoms with E-state index >= 15 is 0 Å². The number of hydrogen-bond donors (Lipinski definition) is 3. The maximum Gasteiger partial charge on any atom is 0.124 e. The molecule has 3 aliphatic rings. The molecule has 4 rings (SSSR count). The number of hydrogen-bond acceptors (Lipinski definition) is 4. The van der Waals surface area contributed by atoms with Gasteiger partial charge in [-0.25, -0.2) is 4.68 Å². The van der Waals surface area contributed by atoms with Crippen molar-refractivity contribution in [2.24, 2.45) is 5.92 Å². The van der Waals surface area contributed by atoms with Crippen LogP contribution in [0.15, 0.2) is 6.07 Å². The van der Waals surface area contributed by atoms with E-state index in [2.05, 4.69) is 26.7 Å². The van der Waals surface area contributed by atoms with Gasteiger partial charge >= 0.3 is 0 Å². The van der Waals surface area contributed by atoms with Crippen LogP contribution in [0.3, 0.4) is 0 Å². The van der Waals surface area contributed by atoms with Crippen LogP contribution in [0.4, 0.5) is 5.82 Å². The van der Waals surface area contributed by atoms with E-state index in [-0.39, 0.29) is 0 Å². The number of nitrogens with zero attached hydrogens (tertiary/aromatic N) is 2. The molecule has 0 saturated carbocycles. The summed E-state index contributed by atoms with van der Waals surface area (Å²) in [4.78, 5) is 0. The van der Waals surface area contributed by atoms with Gasteiger partial charge in [0, 0.05) is 18.5 Å². The van der Waals surface area contributed by atoms with E-state index in [1.165, 1.54) is 50.2 Å². The minimum absolute atomic E-state index is 0.588. The predicted molar refractivity (Wildman–Crippen MR) is 84.8 cm³/mol. The van der Waals surface area contributed by atoms with Gasteiger partial charge in [0.15, 0.2) is 0 Å². The molecule has 0 aromatic carbocycles. The number of nitrogens with one attached hydrogen (secondary N) is 3. The van der Waals surface area contributed by atoms with Gasteiger partial charge in [0.05, 0.1) is 11.7 Å². The molecular weight excluding hydrogens is 262 g/mol. The summed E-state index contributed by atoms with van der Waals surface area (Å²) in [5, 5.41) is 15.6. The highest BCUT2D eigenvalue weighted by Crippen LogP contribution is 2.35. The van der Waals surface area contributed by atoms with Crippen molar-refractivity contribution in [3.63, 3.8) is 0 Å². The topological polar surface area (TPSA) is 53.9 Å². The highest BCUT2D eigenvalue weighted by molar-refractivity contribution is 5.40. The molecule has 0 aliphatic carbocycles. The SMILES string of the molecule is c1c(C2CCNCC2)nn2c1NCCC2C1CCCNC1. The van der Waals surface area contributed by atoms with Gasteiger partial charge in [0.1, 0.15) is 5.82 Å². The predicted octanol–water partition coefficient (Wildman–Crippen LogP) is 1.71. The lowest BCUT2D eigenvalue weighted by atomic mass is 9.89. The summed E-state index contributed by atoms with van der Waals surface area (Å²) in [6.45, 7) is 5.71. The summed E-state index contributed by atoms with van der Waals surface area (Å²) < 4.78 is 2.32. The van der Waals surface area contributed by atoms with Crippen molar-refractivity contribution >= 4 is 5.82 Å². The van der Waals surface area contributed by atoms with E-state index in [0.29, 0.717) is 12.0 Å². The van der Waals surface area contributed by atoms with Gasteiger partial charge in [-0.2, -0.15) is 5.10 Å². The summed E-state index contributed by atoms with van der Waals surface area (Å²) in [7, 11) is 0. The number of fused-ring (bicyclic) bond motifs is 1. The van der Waals surface area contributed by atoms with E-state index in [4.69, 9.17) is 5.10 Å². The van der Waals surface area contributed by atoms with E-state index in [1.807, 2.05) is 0 Å². The normalized spacial score (nSPS) is 30.7. The molecule has 116 valence electrons. The fourth-order valence-electron chi connectivity index (χ4n) is 4.23. The molecule has 3 N–H and O–H groups in total. The molecular formula is C16H27N5. The molecule has 2 fully saturated rings. The van der Waals surface area contributed by atoms with Gasteiger partial charge in [-0.05, 0) is 64.2 Å². The standard InChI is InChI=1S/C16H27N5/c1-2-13(11-18-6-1)15-5-9-19-16-10-14(20-21(15)16)12-3-7-17-8-4-12/h10,12-13,15,17-19H,1-9,11H2. The minimum atomic E-state index is 0.588. The van der Waals surface area contributed by atoms with Gasteiger partial charge < -0.3 is 16.0 Å². The maximum atomic E-state index is 5.03. The van der Waals surface area contributed by atoms with Gasteiger partial charge in [-0.15, -0.1) is 0 Å². The average Bonchev–Trinajstić information content (AvgIpc) is 3.00. The first-order valence-electron chi connectivity index (χ1n) is 8.66. The highest BCUT2D eigenvalue weighted by atomic mass is 15.4. The van der Waals surface area contributed by atoms with Crippen molar-refractivity contribution in [3.8, 4) is 0 Å². The zero-order valence-electron chi connectivity index (χ0n) is 12.8. The number of rotatable bonds is 2. The van der Waals surface area contributed by atoms with E-state index in [0.717, 1.165) is 32.1 Å². The Kier molecular flexibility index (Phi) is 3.86. The molecule has 2 unspecified atom stereocenters. The Balaban J connectivity index is 1.56. The summed E-state index contributed by atoms with van der Waals surface area (Å²) in [6, 6.07) is 2.91. The molecule has 0 radical (unpaired) electrons. The zero-order chi connectivity index (χ0) is 14.1. The van der Waals surface area contributed by atoms with Crippen LogP contribution in [0.2, 0.25) is 0 Å². The lowest BCUT2D eigenvalue weighted by Gasteiger charge is -2.34. The minimum Gasteiger partial charge on any atom is -0.370 e.